The van der Waals surface area contributed by atoms with Crippen LogP contribution in [0.5, 0.6) is 17.2 Å². The summed E-state index contributed by atoms with van der Waals surface area (Å²) in [4.78, 5) is 28.0. The van der Waals surface area contributed by atoms with Gasteiger partial charge in [0.05, 0.1) is 38.6 Å². The van der Waals surface area contributed by atoms with E-state index < -0.39 is 17.7 Å². The maximum Gasteiger partial charge on any atom is 0.296 e. The first-order chi connectivity index (χ1) is 16.9. The molecule has 2 aliphatic heterocycles. The number of amides is 1. The predicted molar refractivity (Wildman–Crippen MR) is 126 cm³/mol. The first-order valence-electron chi connectivity index (χ1n) is 11.2. The fourth-order valence-corrected chi connectivity index (χ4v) is 4.79. The maximum absolute atomic E-state index is 13.3. The topological polar surface area (TPSA) is 98.4 Å². The van der Waals surface area contributed by atoms with Gasteiger partial charge < -0.3 is 28.6 Å². The van der Waals surface area contributed by atoms with E-state index in [1.807, 2.05) is 6.92 Å². The van der Waals surface area contributed by atoms with Crippen molar-refractivity contribution in [2.75, 3.05) is 14.2 Å². The van der Waals surface area contributed by atoms with Gasteiger partial charge in [-0.1, -0.05) is 12.1 Å². The summed E-state index contributed by atoms with van der Waals surface area (Å²) < 4.78 is 22.3. The standard InChI is InChI=1S/C27H25NO7/c1-15-12-17-13-16(9-10-20(17)35-15)24(29)22-23(19-7-4-8-21(32-2)26(19)33-3)28(27(31)25(22)30)14-18-6-5-11-34-18/h4-11,13,15,23,29H,12,14H2,1-3H3/b24-22+. The van der Waals surface area contributed by atoms with Crippen LogP contribution in [-0.4, -0.2) is 42.0 Å². The number of nitrogens with zero attached hydrogens (tertiary/aromatic N) is 1. The highest BCUT2D eigenvalue weighted by atomic mass is 16.5. The van der Waals surface area contributed by atoms with E-state index in [-0.39, 0.29) is 24.0 Å². The van der Waals surface area contributed by atoms with E-state index in [1.54, 1.807) is 48.5 Å². The number of fused-ring (bicyclic) bond motifs is 1. The summed E-state index contributed by atoms with van der Waals surface area (Å²) in [7, 11) is 3.00. The second-order valence-electron chi connectivity index (χ2n) is 8.54. The van der Waals surface area contributed by atoms with Gasteiger partial charge in [-0.25, -0.2) is 0 Å². The van der Waals surface area contributed by atoms with Gasteiger partial charge in [0.15, 0.2) is 11.5 Å². The number of aliphatic hydroxyl groups is 1. The number of carbonyl (C=O) groups is 2. The highest BCUT2D eigenvalue weighted by Gasteiger charge is 2.47. The number of likely N-dealkylation sites (tertiary alicyclic amines) is 1. The summed E-state index contributed by atoms with van der Waals surface area (Å²) in [5.74, 6) is 0.277. The van der Waals surface area contributed by atoms with Crippen LogP contribution in [0, 0.1) is 0 Å². The molecule has 180 valence electrons. The third kappa shape index (κ3) is 3.80. The van der Waals surface area contributed by atoms with E-state index >= 15 is 0 Å². The Morgan fingerprint density at radius 2 is 1.94 bits per heavy atom. The molecule has 0 radical (unpaired) electrons. The molecular weight excluding hydrogens is 450 g/mol. The number of ether oxygens (including phenoxy) is 3. The number of ketones is 1. The van der Waals surface area contributed by atoms with Gasteiger partial charge in [0.2, 0.25) is 0 Å². The van der Waals surface area contributed by atoms with Crippen molar-refractivity contribution in [2.45, 2.75) is 32.0 Å². The van der Waals surface area contributed by atoms with E-state index in [0.717, 1.165) is 11.3 Å². The second-order valence-corrected chi connectivity index (χ2v) is 8.54. The summed E-state index contributed by atoms with van der Waals surface area (Å²) in [6, 6.07) is 13.0. The lowest BCUT2D eigenvalue weighted by Gasteiger charge is -2.26. The Morgan fingerprint density at radius 3 is 2.66 bits per heavy atom. The van der Waals surface area contributed by atoms with Crippen molar-refractivity contribution in [2.24, 2.45) is 0 Å². The molecule has 8 heteroatoms. The molecule has 2 unspecified atom stereocenters. The lowest BCUT2D eigenvalue weighted by atomic mass is 9.93. The monoisotopic (exact) mass is 475 g/mol. The van der Waals surface area contributed by atoms with Gasteiger partial charge in [-0.2, -0.15) is 0 Å². The number of hydrogen-bond acceptors (Lipinski definition) is 7. The number of Topliss-reactive ketones (excluding diaryl/α,β-unsaturated/α-hetero) is 1. The Hall–Kier alpha value is -4.20. The molecule has 1 amide bonds. The molecule has 0 bridgehead atoms. The lowest BCUT2D eigenvalue weighted by molar-refractivity contribution is -0.140. The van der Waals surface area contributed by atoms with E-state index in [4.69, 9.17) is 18.6 Å². The molecule has 1 fully saturated rings. The number of para-hydroxylation sites is 1. The molecule has 5 rings (SSSR count). The number of methoxy groups -OCH3 is 2. The van der Waals surface area contributed by atoms with E-state index in [1.165, 1.54) is 25.4 Å². The zero-order valence-electron chi connectivity index (χ0n) is 19.6. The zero-order valence-corrected chi connectivity index (χ0v) is 19.6. The number of furan rings is 1. The van der Waals surface area contributed by atoms with Crippen LogP contribution in [0.1, 0.15) is 35.4 Å². The molecule has 2 atom stereocenters. The summed E-state index contributed by atoms with van der Waals surface area (Å²) >= 11 is 0. The fraction of sp³-hybridized carbons (Fsp3) is 0.259. The molecular formula is C27H25NO7. The summed E-state index contributed by atoms with van der Waals surface area (Å²) in [6.07, 6.45) is 2.22. The van der Waals surface area contributed by atoms with Gasteiger partial charge in [0.25, 0.3) is 11.7 Å². The van der Waals surface area contributed by atoms with Crippen LogP contribution in [-0.2, 0) is 22.6 Å². The van der Waals surface area contributed by atoms with Gasteiger partial charge in [-0.15, -0.1) is 0 Å². The smallest absolute Gasteiger partial charge is 0.296 e. The van der Waals surface area contributed by atoms with Gasteiger partial charge >= 0.3 is 0 Å². The summed E-state index contributed by atoms with van der Waals surface area (Å²) in [5, 5.41) is 11.4. The molecule has 3 heterocycles. The first-order valence-corrected chi connectivity index (χ1v) is 11.2. The van der Waals surface area contributed by atoms with Crippen molar-refractivity contribution in [3.8, 4) is 17.2 Å². The van der Waals surface area contributed by atoms with Crippen molar-refractivity contribution in [3.63, 3.8) is 0 Å². The van der Waals surface area contributed by atoms with Crippen LogP contribution < -0.4 is 14.2 Å². The Balaban J connectivity index is 1.69. The minimum atomic E-state index is -0.923. The molecule has 2 aliphatic rings. The van der Waals surface area contributed by atoms with Crippen LogP contribution in [0.4, 0.5) is 0 Å². The Labute approximate surface area is 202 Å². The van der Waals surface area contributed by atoms with Crippen molar-refractivity contribution < 1.29 is 33.3 Å². The molecule has 1 aromatic heterocycles. The minimum Gasteiger partial charge on any atom is -0.507 e. The molecule has 1 saturated heterocycles. The molecule has 3 aromatic rings. The zero-order chi connectivity index (χ0) is 24.7. The van der Waals surface area contributed by atoms with Crippen LogP contribution in [0.25, 0.3) is 5.76 Å². The number of benzene rings is 2. The van der Waals surface area contributed by atoms with Gasteiger partial charge in [-0.3, -0.25) is 9.59 Å². The Kier molecular flexibility index (Phi) is 5.72. The summed E-state index contributed by atoms with van der Waals surface area (Å²) in [5.41, 5.74) is 1.85. The van der Waals surface area contributed by atoms with Crippen LogP contribution in [0.3, 0.4) is 0 Å². The largest absolute Gasteiger partial charge is 0.507 e. The molecule has 1 N–H and O–H groups in total. The van der Waals surface area contributed by atoms with Crippen molar-refractivity contribution in [3.05, 3.63) is 82.8 Å². The van der Waals surface area contributed by atoms with Gasteiger partial charge in [-0.05, 0) is 48.9 Å². The third-order valence-corrected chi connectivity index (χ3v) is 6.34. The molecule has 0 spiro atoms. The molecule has 0 saturated carbocycles. The van der Waals surface area contributed by atoms with Crippen molar-refractivity contribution in [1.29, 1.82) is 0 Å². The van der Waals surface area contributed by atoms with Crippen LogP contribution >= 0.6 is 0 Å². The van der Waals surface area contributed by atoms with Crippen molar-refractivity contribution >= 4 is 17.4 Å². The minimum absolute atomic E-state index is 0.0278. The number of carbonyl (C=O) groups excluding carboxylic acids is 2. The van der Waals surface area contributed by atoms with E-state index in [0.29, 0.717) is 34.8 Å². The van der Waals surface area contributed by atoms with Crippen molar-refractivity contribution in [1.82, 2.24) is 4.90 Å². The Bertz CT molecular complexity index is 1330. The normalized spacial score (nSPS) is 20.6. The maximum atomic E-state index is 13.3. The highest BCUT2D eigenvalue weighted by Crippen LogP contribution is 2.46. The van der Waals surface area contributed by atoms with Crippen LogP contribution in [0.15, 0.2) is 64.8 Å². The van der Waals surface area contributed by atoms with Gasteiger partial charge in [0, 0.05) is 17.5 Å². The SMILES string of the molecule is COc1cccc(C2/C(=C(\O)c3ccc4c(c3)CC(C)O4)C(=O)C(=O)N2Cc2ccco2)c1OC. The number of rotatable bonds is 6. The third-order valence-electron chi connectivity index (χ3n) is 6.34. The Morgan fingerprint density at radius 1 is 1.11 bits per heavy atom. The lowest BCUT2D eigenvalue weighted by Crippen LogP contribution is -2.29. The van der Waals surface area contributed by atoms with Gasteiger partial charge in [0.1, 0.15) is 23.4 Å². The van der Waals surface area contributed by atoms with E-state index in [9.17, 15) is 14.7 Å². The predicted octanol–water partition coefficient (Wildman–Crippen LogP) is 4.24. The fourth-order valence-electron chi connectivity index (χ4n) is 4.79. The number of hydrogen-bond donors (Lipinski definition) is 1. The quantitative estimate of drug-likeness (QED) is 0.323. The molecule has 35 heavy (non-hydrogen) atoms. The second kappa shape index (κ2) is 8.87. The average Bonchev–Trinajstić information content (AvgIpc) is 3.57. The van der Waals surface area contributed by atoms with E-state index in [2.05, 4.69) is 0 Å². The average molecular weight is 475 g/mol. The first kappa shape index (κ1) is 22.6. The molecule has 8 nitrogen and oxygen atoms in total. The van der Waals surface area contributed by atoms with Crippen LogP contribution in [0.2, 0.25) is 0 Å². The molecule has 0 aliphatic carbocycles. The highest BCUT2D eigenvalue weighted by molar-refractivity contribution is 6.46. The number of aliphatic hydroxyl groups excluding tert-OH is 1. The summed E-state index contributed by atoms with van der Waals surface area (Å²) in [6.45, 7) is 2.00. The molecule has 2 aromatic carbocycles.